The van der Waals surface area contributed by atoms with Gasteiger partial charge in [0.1, 0.15) is 11.3 Å². The molecule has 6 nitrogen and oxygen atoms in total. The van der Waals surface area contributed by atoms with Crippen LogP contribution in [-0.4, -0.2) is 31.0 Å². The summed E-state index contributed by atoms with van der Waals surface area (Å²) in [6.45, 7) is -0.169. The molecular formula is C16H12BrClF2N4O2. The van der Waals surface area contributed by atoms with E-state index >= 15 is 0 Å². The van der Waals surface area contributed by atoms with Gasteiger partial charge in [-0.05, 0) is 34.1 Å². The van der Waals surface area contributed by atoms with E-state index in [0.29, 0.717) is 31.8 Å². The number of alkyl halides is 2. The Bertz CT molecular complexity index is 998. The molecular weight excluding hydrogens is 434 g/mol. The smallest absolute Gasteiger partial charge is 0.253 e. The minimum atomic E-state index is -2.61. The highest BCUT2D eigenvalue weighted by molar-refractivity contribution is 9.10. The highest BCUT2D eigenvalue weighted by Gasteiger charge is 2.57. The molecule has 1 saturated carbocycles. The third-order valence-electron chi connectivity index (χ3n) is 4.21. The van der Waals surface area contributed by atoms with Crippen LogP contribution in [0.2, 0.25) is 5.02 Å². The molecule has 0 aliphatic heterocycles. The summed E-state index contributed by atoms with van der Waals surface area (Å²) in [6, 6.07) is 4.92. The van der Waals surface area contributed by atoms with Crippen LogP contribution >= 0.6 is 27.5 Å². The maximum Gasteiger partial charge on any atom is 0.253 e. The standard InChI is InChI=1S/C16H12BrClF2N4O2/c17-13-12(26-15-8(7-25)3-10(18)5-21-15)2-1-11-14(13)22-23-24(11)6-9-4-16(9,19)20/h1-3,5,9,25H,4,6-7H2. The lowest BCUT2D eigenvalue weighted by atomic mass is 10.2. The van der Waals surface area contributed by atoms with E-state index in [1.54, 1.807) is 18.2 Å². The molecule has 0 bridgehead atoms. The maximum absolute atomic E-state index is 13.1. The van der Waals surface area contributed by atoms with Crippen LogP contribution in [0.5, 0.6) is 11.6 Å². The molecule has 2 aromatic heterocycles. The number of hydrogen-bond acceptors (Lipinski definition) is 5. The Hall–Kier alpha value is -1.84. The van der Waals surface area contributed by atoms with E-state index in [9.17, 15) is 13.9 Å². The van der Waals surface area contributed by atoms with Crippen LogP contribution < -0.4 is 4.74 Å². The zero-order valence-electron chi connectivity index (χ0n) is 13.2. The van der Waals surface area contributed by atoms with E-state index in [0.717, 1.165) is 0 Å². The quantitative estimate of drug-likeness (QED) is 0.638. The number of nitrogens with zero attached hydrogens (tertiary/aromatic N) is 4. The van der Waals surface area contributed by atoms with Crippen LogP contribution in [0.4, 0.5) is 8.78 Å². The summed E-state index contributed by atoms with van der Waals surface area (Å²) in [5, 5.41) is 17.8. The molecule has 1 unspecified atom stereocenters. The molecule has 26 heavy (non-hydrogen) atoms. The molecule has 3 aromatic rings. The van der Waals surface area contributed by atoms with Gasteiger partial charge in [-0.3, -0.25) is 0 Å². The van der Waals surface area contributed by atoms with Crippen LogP contribution in [0, 0.1) is 5.92 Å². The van der Waals surface area contributed by atoms with Crippen molar-refractivity contribution in [2.45, 2.75) is 25.5 Å². The molecule has 10 heteroatoms. The number of aromatic nitrogens is 4. The second-order valence-corrected chi connectivity index (χ2v) is 7.29. The number of aliphatic hydroxyl groups is 1. The Balaban J connectivity index is 1.64. The number of benzene rings is 1. The average molecular weight is 446 g/mol. The van der Waals surface area contributed by atoms with Gasteiger partial charge in [0.2, 0.25) is 5.88 Å². The molecule has 0 saturated heterocycles. The first-order chi connectivity index (χ1) is 12.4. The van der Waals surface area contributed by atoms with Gasteiger partial charge in [-0.2, -0.15) is 0 Å². The molecule has 0 amide bonds. The third-order valence-corrected chi connectivity index (χ3v) is 5.18. The lowest BCUT2D eigenvalue weighted by Gasteiger charge is -2.10. The van der Waals surface area contributed by atoms with Crippen molar-refractivity contribution < 1.29 is 18.6 Å². The first-order valence-corrected chi connectivity index (χ1v) is 8.89. The van der Waals surface area contributed by atoms with Crippen molar-refractivity contribution in [1.82, 2.24) is 20.0 Å². The largest absolute Gasteiger partial charge is 0.437 e. The first kappa shape index (κ1) is 17.6. The van der Waals surface area contributed by atoms with Gasteiger partial charge in [-0.15, -0.1) is 5.10 Å². The van der Waals surface area contributed by atoms with Crippen molar-refractivity contribution in [3.63, 3.8) is 0 Å². The predicted molar refractivity (Wildman–Crippen MR) is 93.5 cm³/mol. The summed E-state index contributed by atoms with van der Waals surface area (Å²) in [5.41, 5.74) is 1.55. The van der Waals surface area contributed by atoms with Gasteiger partial charge in [0.05, 0.1) is 28.2 Å². The topological polar surface area (TPSA) is 73.1 Å². The minimum Gasteiger partial charge on any atom is -0.437 e. The normalized spacial score (nSPS) is 18.3. The second-order valence-electron chi connectivity index (χ2n) is 6.06. The Morgan fingerprint density at radius 2 is 2.19 bits per heavy atom. The van der Waals surface area contributed by atoms with Crippen LogP contribution in [0.3, 0.4) is 0 Å². The molecule has 1 aliphatic carbocycles. The first-order valence-electron chi connectivity index (χ1n) is 7.71. The van der Waals surface area contributed by atoms with Gasteiger partial charge in [0, 0.05) is 24.1 Å². The third kappa shape index (κ3) is 3.15. The number of aliphatic hydroxyl groups excluding tert-OH is 1. The van der Waals surface area contributed by atoms with Gasteiger partial charge in [0.15, 0.2) is 0 Å². The highest BCUT2D eigenvalue weighted by atomic mass is 79.9. The summed E-state index contributed by atoms with van der Waals surface area (Å²) < 4.78 is 34.0. The zero-order valence-corrected chi connectivity index (χ0v) is 15.5. The van der Waals surface area contributed by atoms with Crippen LogP contribution in [0.25, 0.3) is 11.0 Å². The van der Waals surface area contributed by atoms with Crippen LogP contribution in [0.15, 0.2) is 28.9 Å². The number of fused-ring (bicyclic) bond motifs is 1. The molecule has 2 heterocycles. The molecule has 1 aliphatic rings. The van der Waals surface area contributed by atoms with E-state index in [-0.39, 0.29) is 25.5 Å². The van der Waals surface area contributed by atoms with Crippen LogP contribution in [0.1, 0.15) is 12.0 Å². The van der Waals surface area contributed by atoms with Gasteiger partial charge in [0.25, 0.3) is 5.92 Å². The van der Waals surface area contributed by atoms with E-state index < -0.39 is 11.8 Å². The Kier molecular flexibility index (Phi) is 4.32. The van der Waals surface area contributed by atoms with Crippen molar-refractivity contribution >= 4 is 38.6 Å². The molecule has 1 N–H and O–H groups in total. The molecule has 0 radical (unpaired) electrons. The minimum absolute atomic E-state index is 0.115. The van der Waals surface area contributed by atoms with E-state index in [1.807, 2.05) is 0 Å². The predicted octanol–water partition coefficient (Wildman–Crippen LogP) is 4.18. The van der Waals surface area contributed by atoms with E-state index in [2.05, 4.69) is 31.2 Å². The van der Waals surface area contributed by atoms with Gasteiger partial charge in [-0.25, -0.2) is 18.4 Å². The summed E-state index contributed by atoms with van der Waals surface area (Å²) in [6.07, 6.45) is 1.29. The number of pyridine rings is 1. The molecule has 1 aromatic carbocycles. The number of rotatable bonds is 5. The van der Waals surface area contributed by atoms with Gasteiger partial charge >= 0.3 is 0 Å². The van der Waals surface area contributed by atoms with Crippen molar-refractivity contribution in [2.24, 2.45) is 5.92 Å². The highest BCUT2D eigenvalue weighted by Crippen LogP contribution is 2.49. The van der Waals surface area contributed by atoms with E-state index in [4.69, 9.17) is 16.3 Å². The monoisotopic (exact) mass is 444 g/mol. The maximum atomic E-state index is 13.1. The molecule has 1 fully saturated rings. The van der Waals surface area contributed by atoms with Gasteiger partial charge < -0.3 is 9.84 Å². The second kappa shape index (κ2) is 6.40. The summed E-state index contributed by atoms with van der Waals surface area (Å²) >= 11 is 9.28. The summed E-state index contributed by atoms with van der Waals surface area (Å²) in [7, 11) is 0. The van der Waals surface area contributed by atoms with Gasteiger partial charge in [-0.1, -0.05) is 16.8 Å². The molecule has 1 atom stereocenters. The lowest BCUT2D eigenvalue weighted by Crippen LogP contribution is -2.06. The fraction of sp³-hybridized carbons (Fsp3) is 0.312. The van der Waals surface area contributed by atoms with Crippen molar-refractivity contribution in [2.75, 3.05) is 0 Å². The zero-order chi connectivity index (χ0) is 18.5. The van der Waals surface area contributed by atoms with Crippen molar-refractivity contribution in [3.8, 4) is 11.6 Å². The number of ether oxygens (including phenoxy) is 1. The molecule has 136 valence electrons. The SMILES string of the molecule is OCc1cc(Cl)cnc1Oc1ccc2c(nnn2CC2CC2(F)F)c1Br. The molecule has 4 rings (SSSR count). The number of halogens is 4. The Morgan fingerprint density at radius 3 is 2.88 bits per heavy atom. The fourth-order valence-corrected chi connectivity index (χ4v) is 3.33. The van der Waals surface area contributed by atoms with Crippen LogP contribution in [-0.2, 0) is 13.2 Å². The summed E-state index contributed by atoms with van der Waals surface area (Å²) in [5.74, 6) is -2.69. The average Bonchev–Trinajstić information content (AvgIpc) is 3.01. The Morgan fingerprint density at radius 1 is 1.42 bits per heavy atom. The lowest BCUT2D eigenvalue weighted by molar-refractivity contribution is 0.0944. The van der Waals surface area contributed by atoms with E-state index in [1.165, 1.54) is 10.9 Å². The Labute approximate surface area is 159 Å². The van der Waals surface area contributed by atoms with Crippen molar-refractivity contribution in [1.29, 1.82) is 0 Å². The number of hydrogen-bond donors (Lipinski definition) is 1. The molecule has 0 spiro atoms. The van der Waals surface area contributed by atoms with Crippen molar-refractivity contribution in [3.05, 3.63) is 39.5 Å². The summed E-state index contributed by atoms with van der Waals surface area (Å²) in [4.78, 5) is 4.07. The fourth-order valence-electron chi connectivity index (χ4n) is 2.65.